The molecule has 0 saturated carbocycles. The first-order valence-electron chi connectivity index (χ1n) is 8.79. The predicted octanol–water partition coefficient (Wildman–Crippen LogP) is 6.50. The molecular weight excluding hydrogens is 314 g/mol. The Bertz CT molecular complexity index is 1040. The molecule has 1 N–H and O–H groups in total. The monoisotopic (exact) mass is 334 g/mol. The molecule has 0 aliphatic heterocycles. The molecule has 0 saturated heterocycles. The molecule has 2 aromatic carbocycles. The number of hydrogen-bond acceptors (Lipinski definition) is 0. The zero-order chi connectivity index (χ0) is 17.6. The highest BCUT2D eigenvalue weighted by Crippen LogP contribution is 2.32. The maximum absolute atomic E-state index is 3.04. The molecular formula is C25H20N. The molecule has 0 unspecified atom stereocenters. The normalized spacial score (nSPS) is 14.4. The van der Waals surface area contributed by atoms with Crippen LogP contribution in [0, 0.1) is 6.42 Å². The summed E-state index contributed by atoms with van der Waals surface area (Å²) in [6.07, 6.45) is 24.9. The van der Waals surface area contributed by atoms with Gasteiger partial charge in [0, 0.05) is 18.8 Å². The number of allylic oxidation sites excluding steroid dienone is 8. The van der Waals surface area contributed by atoms with E-state index < -0.39 is 0 Å². The number of aromatic amines is 1. The lowest BCUT2D eigenvalue weighted by molar-refractivity contribution is 1.41. The summed E-state index contributed by atoms with van der Waals surface area (Å²) in [5.41, 5.74) is 4.98. The van der Waals surface area contributed by atoms with Gasteiger partial charge in [0.25, 0.3) is 0 Å². The Balaban J connectivity index is 1.40. The van der Waals surface area contributed by atoms with E-state index in [1.54, 1.807) is 0 Å². The van der Waals surface area contributed by atoms with Crippen LogP contribution in [0.3, 0.4) is 0 Å². The summed E-state index contributed by atoms with van der Waals surface area (Å²) in [7, 11) is 0. The second-order valence-electron chi connectivity index (χ2n) is 6.21. The Kier molecular flexibility index (Phi) is 4.79. The minimum atomic E-state index is 1.17. The van der Waals surface area contributed by atoms with Crippen LogP contribution in [0.2, 0.25) is 0 Å². The van der Waals surface area contributed by atoms with Crippen molar-refractivity contribution in [3.8, 4) is 0 Å². The molecule has 1 aliphatic rings. The lowest BCUT2D eigenvalue weighted by Crippen LogP contribution is -1.95. The summed E-state index contributed by atoms with van der Waals surface area (Å²) in [5.74, 6) is 0. The zero-order valence-electron chi connectivity index (χ0n) is 14.5. The summed E-state index contributed by atoms with van der Waals surface area (Å²) < 4.78 is 0. The van der Waals surface area contributed by atoms with Crippen molar-refractivity contribution in [2.45, 2.75) is 0 Å². The molecule has 1 nitrogen and oxygen atoms in total. The van der Waals surface area contributed by atoms with Crippen LogP contribution < -0.4 is 0 Å². The summed E-state index contributed by atoms with van der Waals surface area (Å²) in [5, 5.41) is 2.65. The van der Waals surface area contributed by atoms with Crippen molar-refractivity contribution < 1.29 is 0 Å². The fourth-order valence-electron chi connectivity index (χ4n) is 3.17. The first kappa shape index (κ1) is 16.2. The molecule has 4 rings (SSSR count). The second-order valence-corrected chi connectivity index (χ2v) is 6.21. The average molecular weight is 334 g/mol. The van der Waals surface area contributed by atoms with Crippen molar-refractivity contribution >= 4 is 22.9 Å². The van der Waals surface area contributed by atoms with Gasteiger partial charge in [-0.2, -0.15) is 0 Å². The summed E-state index contributed by atoms with van der Waals surface area (Å²) >= 11 is 0. The van der Waals surface area contributed by atoms with Gasteiger partial charge >= 0.3 is 0 Å². The molecule has 0 atom stereocenters. The summed E-state index contributed by atoms with van der Waals surface area (Å²) in [6.45, 7) is 0. The third kappa shape index (κ3) is 3.68. The standard InChI is InChI=1S/C25H20N/c1(3-5-9-20-15-16-26-19-20)2-4-6-10-21-17-23-13-7-11-22-12-8-14-24(18-21)25(22)23/h1-19,26H/b3-1+,4-2+,9-5+,10-6+. The van der Waals surface area contributed by atoms with Crippen molar-refractivity contribution in [3.63, 3.8) is 0 Å². The van der Waals surface area contributed by atoms with E-state index in [-0.39, 0.29) is 0 Å². The SMILES string of the molecule is [CH]1C(/C=C/C=C/C=C/C=C/c2cc[nH]c2)=Cc2cccc3cccc1c23. The van der Waals surface area contributed by atoms with E-state index in [0.29, 0.717) is 0 Å². The van der Waals surface area contributed by atoms with Gasteiger partial charge in [0.2, 0.25) is 0 Å². The van der Waals surface area contributed by atoms with Gasteiger partial charge < -0.3 is 4.98 Å². The van der Waals surface area contributed by atoms with Crippen molar-refractivity contribution in [2.24, 2.45) is 0 Å². The number of benzene rings is 2. The number of nitrogens with one attached hydrogen (secondary N) is 1. The topological polar surface area (TPSA) is 15.8 Å². The minimum Gasteiger partial charge on any atom is -0.367 e. The number of hydrogen-bond donors (Lipinski definition) is 1. The average Bonchev–Trinajstić information content (AvgIpc) is 3.18. The summed E-state index contributed by atoms with van der Waals surface area (Å²) in [6, 6.07) is 15.0. The number of rotatable bonds is 5. The molecule has 0 bridgehead atoms. The molecule has 1 heterocycles. The fourth-order valence-corrected chi connectivity index (χ4v) is 3.17. The van der Waals surface area contributed by atoms with Gasteiger partial charge in [0.15, 0.2) is 0 Å². The van der Waals surface area contributed by atoms with Crippen molar-refractivity contribution in [3.05, 3.63) is 126 Å². The van der Waals surface area contributed by atoms with E-state index in [2.05, 4.69) is 78.2 Å². The highest BCUT2D eigenvalue weighted by atomic mass is 14.6. The van der Waals surface area contributed by atoms with Gasteiger partial charge in [-0.1, -0.05) is 91.1 Å². The van der Waals surface area contributed by atoms with Crippen LogP contribution in [0.15, 0.2) is 103 Å². The number of aromatic nitrogens is 1. The molecule has 3 aromatic rings. The molecule has 1 aromatic heterocycles. The first-order chi connectivity index (χ1) is 12.9. The van der Waals surface area contributed by atoms with Gasteiger partial charge in [-0.25, -0.2) is 0 Å². The zero-order valence-corrected chi connectivity index (χ0v) is 14.5. The van der Waals surface area contributed by atoms with E-state index in [1.807, 2.05) is 42.8 Å². The minimum absolute atomic E-state index is 1.17. The molecule has 1 heteroatoms. The second kappa shape index (κ2) is 7.71. The van der Waals surface area contributed by atoms with Crippen LogP contribution in [0.1, 0.15) is 16.7 Å². The molecule has 1 aliphatic carbocycles. The Morgan fingerprint density at radius 2 is 1.42 bits per heavy atom. The number of H-pyrrole nitrogens is 1. The lowest BCUT2D eigenvalue weighted by Gasteiger charge is -2.15. The Labute approximate surface area is 154 Å². The predicted molar refractivity (Wildman–Crippen MR) is 113 cm³/mol. The lowest BCUT2D eigenvalue weighted by atomic mass is 9.89. The van der Waals surface area contributed by atoms with Crippen LogP contribution in [-0.2, 0) is 0 Å². The van der Waals surface area contributed by atoms with Crippen LogP contribution in [0.5, 0.6) is 0 Å². The maximum atomic E-state index is 3.04. The Morgan fingerprint density at radius 3 is 2.19 bits per heavy atom. The third-order valence-electron chi connectivity index (χ3n) is 4.37. The van der Waals surface area contributed by atoms with Gasteiger partial charge in [0.05, 0.1) is 0 Å². The van der Waals surface area contributed by atoms with Crippen molar-refractivity contribution in [1.82, 2.24) is 4.98 Å². The van der Waals surface area contributed by atoms with Gasteiger partial charge in [-0.3, -0.25) is 0 Å². The van der Waals surface area contributed by atoms with E-state index in [4.69, 9.17) is 0 Å². The molecule has 0 spiro atoms. The quantitative estimate of drug-likeness (QED) is 0.513. The Hall–Kier alpha value is -3.32. The van der Waals surface area contributed by atoms with Crippen LogP contribution in [0.25, 0.3) is 22.9 Å². The third-order valence-corrected chi connectivity index (χ3v) is 4.37. The molecule has 0 fully saturated rings. The van der Waals surface area contributed by atoms with Crippen LogP contribution >= 0.6 is 0 Å². The van der Waals surface area contributed by atoms with Gasteiger partial charge in [-0.05, 0) is 39.1 Å². The van der Waals surface area contributed by atoms with Gasteiger partial charge in [-0.15, -0.1) is 0 Å². The molecule has 26 heavy (non-hydrogen) atoms. The van der Waals surface area contributed by atoms with E-state index in [9.17, 15) is 0 Å². The highest BCUT2D eigenvalue weighted by molar-refractivity contribution is 5.97. The Morgan fingerprint density at radius 1 is 0.692 bits per heavy atom. The maximum Gasteiger partial charge on any atom is 0.0206 e. The molecule has 1 radical (unpaired) electrons. The van der Waals surface area contributed by atoms with Crippen LogP contribution in [-0.4, -0.2) is 4.98 Å². The van der Waals surface area contributed by atoms with E-state index in [0.717, 1.165) is 0 Å². The van der Waals surface area contributed by atoms with Gasteiger partial charge in [0.1, 0.15) is 0 Å². The highest BCUT2D eigenvalue weighted by Gasteiger charge is 2.11. The largest absolute Gasteiger partial charge is 0.367 e. The summed E-state index contributed by atoms with van der Waals surface area (Å²) in [4.78, 5) is 3.04. The van der Waals surface area contributed by atoms with Crippen LogP contribution in [0.4, 0.5) is 0 Å². The van der Waals surface area contributed by atoms with E-state index in [1.165, 1.54) is 33.0 Å². The van der Waals surface area contributed by atoms with Crippen molar-refractivity contribution in [2.75, 3.05) is 0 Å². The fraction of sp³-hybridized carbons (Fsp3) is 0. The van der Waals surface area contributed by atoms with Crippen molar-refractivity contribution in [1.29, 1.82) is 0 Å². The molecule has 0 amide bonds. The smallest absolute Gasteiger partial charge is 0.0206 e. The first-order valence-corrected chi connectivity index (χ1v) is 8.79. The molecule has 125 valence electrons. The van der Waals surface area contributed by atoms with E-state index >= 15 is 0 Å².